The number of hydrazine groups is 1. The zero-order valence-electron chi connectivity index (χ0n) is 14.8. The van der Waals surface area contributed by atoms with Crippen LogP contribution in [0.5, 0.6) is 5.75 Å². The molecule has 0 heterocycles. The van der Waals surface area contributed by atoms with E-state index < -0.39 is 5.91 Å². The molecule has 5 nitrogen and oxygen atoms in total. The van der Waals surface area contributed by atoms with Crippen LogP contribution in [0.1, 0.15) is 11.1 Å². The van der Waals surface area contributed by atoms with Crippen molar-refractivity contribution in [3.8, 4) is 5.75 Å². The van der Waals surface area contributed by atoms with Crippen molar-refractivity contribution < 1.29 is 14.3 Å². The number of rotatable bonds is 5. The molecule has 0 spiro atoms. The number of fused-ring (bicyclic) bond motifs is 1. The Morgan fingerprint density at radius 1 is 0.926 bits per heavy atom. The highest BCUT2D eigenvalue weighted by atomic mass is 79.9. The summed E-state index contributed by atoms with van der Waals surface area (Å²) in [5.41, 5.74) is 6.73. The summed E-state index contributed by atoms with van der Waals surface area (Å²) in [7, 11) is 0. The summed E-state index contributed by atoms with van der Waals surface area (Å²) in [6.45, 7) is 1.73. The lowest BCUT2D eigenvalue weighted by Crippen LogP contribution is -2.44. The molecule has 0 aliphatic carbocycles. The Kier molecular flexibility index (Phi) is 6.08. The van der Waals surface area contributed by atoms with Gasteiger partial charge in [-0.1, -0.05) is 54.6 Å². The first-order valence-electron chi connectivity index (χ1n) is 8.47. The van der Waals surface area contributed by atoms with E-state index in [-0.39, 0.29) is 18.9 Å². The average molecular weight is 427 g/mol. The molecule has 27 heavy (non-hydrogen) atoms. The van der Waals surface area contributed by atoms with Gasteiger partial charge in [-0.15, -0.1) is 0 Å². The minimum atomic E-state index is -0.437. The van der Waals surface area contributed by atoms with E-state index in [9.17, 15) is 9.59 Å². The van der Waals surface area contributed by atoms with Gasteiger partial charge in [0.05, 0.1) is 10.9 Å². The van der Waals surface area contributed by atoms with E-state index in [1.165, 1.54) is 0 Å². The van der Waals surface area contributed by atoms with Gasteiger partial charge in [-0.3, -0.25) is 20.4 Å². The van der Waals surface area contributed by atoms with Crippen LogP contribution in [0, 0.1) is 6.92 Å². The molecule has 0 saturated heterocycles. The van der Waals surface area contributed by atoms with Gasteiger partial charge in [-0.2, -0.15) is 0 Å². The zero-order chi connectivity index (χ0) is 19.2. The van der Waals surface area contributed by atoms with Crippen LogP contribution in [0.2, 0.25) is 0 Å². The van der Waals surface area contributed by atoms with Crippen LogP contribution in [0.4, 0.5) is 0 Å². The predicted molar refractivity (Wildman–Crippen MR) is 108 cm³/mol. The van der Waals surface area contributed by atoms with Crippen molar-refractivity contribution in [2.75, 3.05) is 6.61 Å². The summed E-state index contributed by atoms with van der Waals surface area (Å²) in [5.74, 6) is -0.159. The summed E-state index contributed by atoms with van der Waals surface area (Å²) in [6, 6.07) is 19.2. The first-order valence-corrected chi connectivity index (χ1v) is 9.26. The minimum Gasteiger partial charge on any atom is -0.483 e. The second-order valence-electron chi connectivity index (χ2n) is 6.09. The van der Waals surface area contributed by atoms with Gasteiger partial charge in [0.15, 0.2) is 6.61 Å². The number of hydrogen-bond acceptors (Lipinski definition) is 3. The standard InChI is InChI=1S/C21H19BrN2O3/c1-14-6-2-3-8-16(14)12-19(25)23-24-20(26)13-27-18-11-10-15-7-4-5-9-17(15)21(18)22/h2-11H,12-13H2,1H3,(H,23,25)(H,24,26). The monoisotopic (exact) mass is 426 g/mol. The second kappa shape index (κ2) is 8.68. The Morgan fingerprint density at radius 3 is 2.44 bits per heavy atom. The van der Waals surface area contributed by atoms with E-state index in [0.29, 0.717) is 5.75 Å². The molecule has 0 radical (unpaired) electrons. The van der Waals surface area contributed by atoms with Gasteiger partial charge in [0, 0.05) is 0 Å². The fraction of sp³-hybridized carbons (Fsp3) is 0.143. The smallest absolute Gasteiger partial charge is 0.276 e. The highest BCUT2D eigenvalue weighted by Gasteiger charge is 2.10. The van der Waals surface area contributed by atoms with Crippen molar-refractivity contribution in [3.05, 3.63) is 76.3 Å². The maximum absolute atomic E-state index is 12.0. The largest absolute Gasteiger partial charge is 0.483 e. The Hall–Kier alpha value is -2.86. The summed E-state index contributed by atoms with van der Waals surface area (Å²) < 4.78 is 6.36. The second-order valence-corrected chi connectivity index (χ2v) is 6.88. The maximum Gasteiger partial charge on any atom is 0.276 e. The first-order chi connectivity index (χ1) is 13.0. The van der Waals surface area contributed by atoms with Crippen LogP contribution in [0.25, 0.3) is 10.8 Å². The molecule has 0 saturated carbocycles. The molecule has 138 valence electrons. The molecule has 0 aliphatic rings. The van der Waals surface area contributed by atoms with Crippen molar-refractivity contribution in [1.82, 2.24) is 10.9 Å². The highest BCUT2D eigenvalue weighted by molar-refractivity contribution is 9.10. The number of halogens is 1. The molecule has 0 fully saturated rings. The molecule has 0 unspecified atom stereocenters. The number of hydrogen-bond donors (Lipinski definition) is 2. The van der Waals surface area contributed by atoms with Crippen molar-refractivity contribution >= 4 is 38.5 Å². The molecule has 2 amide bonds. The Labute approximate surface area is 165 Å². The molecule has 0 aliphatic heterocycles. The molecular formula is C21H19BrN2O3. The van der Waals surface area contributed by atoms with Crippen molar-refractivity contribution in [2.24, 2.45) is 0 Å². The summed E-state index contributed by atoms with van der Waals surface area (Å²) in [5, 5.41) is 2.08. The molecule has 2 N–H and O–H groups in total. The Morgan fingerprint density at radius 2 is 1.63 bits per heavy atom. The van der Waals surface area contributed by atoms with Crippen LogP contribution in [-0.2, 0) is 16.0 Å². The number of carbonyl (C=O) groups is 2. The molecule has 3 aromatic carbocycles. The number of benzene rings is 3. The van der Waals surface area contributed by atoms with E-state index >= 15 is 0 Å². The molecule has 3 aromatic rings. The fourth-order valence-electron chi connectivity index (χ4n) is 2.67. The normalized spacial score (nSPS) is 10.4. The third kappa shape index (κ3) is 4.86. The number of aryl methyl sites for hydroxylation is 1. The Bertz CT molecular complexity index is 988. The van der Waals surface area contributed by atoms with Crippen LogP contribution >= 0.6 is 15.9 Å². The van der Waals surface area contributed by atoms with Crippen LogP contribution < -0.4 is 15.6 Å². The minimum absolute atomic E-state index is 0.198. The van der Waals surface area contributed by atoms with E-state index in [1.54, 1.807) is 6.07 Å². The van der Waals surface area contributed by atoms with E-state index in [2.05, 4.69) is 26.8 Å². The summed E-state index contributed by atoms with van der Waals surface area (Å²) in [4.78, 5) is 23.9. The lowest BCUT2D eigenvalue weighted by Gasteiger charge is -2.11. The average Bonchev–Trinajstić information content (AvgIpc) is 2.68. The fourth-order valence-corrected chi connectivity index (χ4v) is 3.28. The topological polar surface area (TPSA) is 67.4 Å². The quantitative estimate of drug-likeness (QED) is 0.611. The van der Waals surface area contributed by atoms with Crippen molar-refractivity contribution in [2.45, 2.75) is 13.3 Å². The van der Waals surface area contributed by atoms with Gasteiger partial charge in [0.25, 0.3) is 5.91 Å². The van der Waals surface area contributed by atoms with E-state index in [1.807, 2.05) is 61.5 Å². The molecule has 3 rings (SSSR count). The van der Waals surface area contributed by atoms with Crippen LogP contribution in [0.3, 0.4) is 0 Å². The van der Waals surface area contributed by atoms with Gasteiger partial charge in [-0.05, 0) is 50.8 Å². The maximum atomic E-state index is 12.0. The van der Waals surface area contributed by atoms with Gasteiger partial charge in [0.2, 0.25) is 5.91 Å². The lowest BCUT2D eigenvalue weighted by molar-refractivity contribution is -0.129. The summed E-state index contributed by atoms with van der Waals surface area (Å²) >= 11 is 3.51. The molecule has 0 aromatic heterocycles. The summed E-state index contributed by atoms with van der Waals surface area (Å²) in [6.07, 6.45) is 0.198. The number of carbonyl (C=O) groups excluding carboxylic acids is 2. The lowest BCUT2D eigenvalue weighted by atomic mass is 10.1. The van der Waals surface area contributed by atoms with E-state index in [0.717, 1.165) is 26.4 Å². The van der Waals surface area contributed by atoms with Gasteiger partial charge >= 0.3 is 0 Å². The first kappa shape index (κ1) is 18.9. The molecule has 0 atom stereocenters. The molecule has 0 bridgehead atoms. The van der Waals surface area contributed by atoms with Crippen LogP contribution in [-0.4, -0.2) is 18.4 Å². The third-order valence-corrected chi connectivity index (χ3v) is 4.96. The van der Waals surface area contributed by atoms with Gasteiger partial charge in [0.1, 0.15) is 5.75 Å². The van der Waals surface area contributed by atoms with Gasteiger partial charge in [-0.25, -0.2) is 0 Å². The third-order valence-electron chi connectivity index (χ3n) is 4.14. The van der Waals surface area contributed by atoms with Crippen LogP contribution in [0.15, 0.2) is 65.1 Å². The highest BCUT2D eigenvalue weighted by Crippen LogP contribution is 2.32. The van der Waals surface area contributed by atoms with E-state index in [4.69, 9.17) is 4.74 Å². The zero-order valence-corrected chi connectivity index (χ0v) is 16.4. The predicted octanol–water partition coefficient (Wildman–Crippen LogP) is 3.68. The number of amides is 2. The molecular weight excluding hydrogens is 408 g/mol. The molecule has 6 heteroatoms. The van der Waals surface area contributed by atoms with Gasteiger partial charge < -0.3 is 4.74 Å². The van der Waals surface area contributed by atoms with Crippen molar-refractivity contribution in [3.63, 3.8) is 0 Å². The number of nitrogens with one attached hydrogen (secondary N) is 2. The van der Waals surface area contributed by atoms with Crippen molar-refractivity contribution in [1.29, 1.82) is 0 Å². The number of ether oxygens (including phenoxy) is 1. The Balaban J connectivity index is 1.51. The SMILES string of the molecule is Cc1ccccc1CC(=O)NNC(=O)COc1ccc2ccccc2c1Br.